The lowest BCUT2D eigenvalue weighted by Crippen LogP contribution is -2.47. The van der Waals surface area contributed by atoms with Gasteiger partial charge in [0.2, 0.25) is 15.9 Å². The van der Waals surface area contributed by atoms with Crippen molar-refractivity contribution >= 4 is 15.9 Å². The summed E-state index contributed by atoms with van der Waals surface area (Å²) in [5.41, 5.74) is 0. The highest BCUT2D eigenvalue weighted by molar-refractivity contribution is 7.88. The molecule has 0 aromatic rings. The Bertz CT molecular complexity index is 400. The first-order valence-corrected chi connectivity index (χ1v) is 8.47. The van der Waals surface area contributed by atoms with Gasteiger partial charge in [-0.05, 0) is 18.8 Å². The monoisotopic (exact) mass is 292 g/mol. The van der Waals surface area contributed by atoms with Crippen molar-refractivity contribution in [3.05, 3.63) is 0 Å². The summed E-state index contributed by atoms with van der Waals surface area (Å²) in [6, 6.07) is -0.236. The van der Waals surface area contributed by atoms with Crippen LogP contribution < -0.4 is 5.32 Å². The van der Waals surface area contributed by atoms with Gasteiger partial charge in [0.15, 0.2) is 0 Å². The SMILES string of the molecule is CC(C)[C@@H](CO)NC(=O)C1CCN(S(C)(=O)=O)CC1. The third-order valence-electron chi connectivity index (χ3n) is 3.62. The number of hydrogen-bond acceptors (Lipinski definition) is 4. The zero-order valence-corrected chi connectivity index (χ0v) is 12.6. The lowest BCUT2D eigenvalue weighted by atomic mass is 9.96. The Balaban J connectivity index is 2.49. The molecule has 1 atom stereocenters. The molecule has 0 spiro atoms. The van der Waals surface area contributed by atoms with Crippen LogP contribution in [0.2, 0.25) is 0 Å². The molecule has 1 saturated heterocycles. The zero-order valence-electron chi connectivity index (χ0n) is 11.8. The van der Waals surface area contributed by atoms with E-state index >= 15 is 0 Å². The number of sulfonamides is 1. The van der Waals surface area contributed by atoms with Crippen LogP contribution in [0.1, 0.15) is 26.7 Å². The van der Waals surface area contributed by atoms with Gasteiger partial charge in [0.1, 0.15) is 0 Å². The molecule has 7 heteroatoms. The predicted octanol–water partition coefficient (Wildman–Crippen LogP) is -0.209. The summed E-state index contributed by atoms with van der Waals surface area (Å²) >= 11 is 0. The molecule has 19 heavy (non-hydrogen) atoms. The van der Waals surface area contributed by atoms with Crippen molar-refractivity contribution in [3.8, 4) is 0 Å². The molecule has 1 aliphatic heterocycles. The summed E-state index contributed by atoms with van der Waals surface area (Å²) in [7, 11) is -3.15. The molecule has 2 N–H and O–H groups in total. The van der Waals surface area contributed by atoms with Gasteiger partial charge in [0, 0.05) is 19.0 Å². The Morgan fingerprint density at radius 3 is 2.26 bits per heavy atom. The molecule has 1 fully saturated rings. The molecule has 0 aliphatic carbocycles. The largest absolute Gasteiger partial charge is 0.394 e. The van der Waals surface area contributed by atoms with Gasteiger partial charge in [-0.3, -0.25) is 4.79 Å². The molecule has 1 rings (SSSR count). The molecular formula is C12H24N2O4S. The molecule has 112 valence electrons. The lowest BCUT2D eigenvalue weighted by molar-refractivity contribution is -0.127. The van der Waals surface area contributed by atoms with Crippen molar-refractivity contribution in [2.45, 2.75) is 32.7 Å². The molecule has 1 heterocycles. The topological polar surface area (TPSA) is 86.7 Å². The number of carbonyl (C=O) groups excluding carboxylic acids is 1. The predicted molar refractivity (Wildman–Crippen MR) is 73.0 cm³/mol. The van der Waals surface area contributed by atoms with E-state index in [2.05, 4.69) is 5.32 Å². The van der Waals surface area contributed by atoms with Gasteiger partial charge in [-0.25, -0.2) is 12.7 Å². The molecule has 0 aromatic carbocycles. The van der Waals surface area contributed by atoms with Crippen molar-refractivity contribution in [2.24, 2.45) is 11.8 Å². The summed E-state index contributed by atoms with van der Waals surface area (Å²) in [6.07, 6.45) is 2.26. The Hall–Kier alpha value is -0.660. The van der Waals surface area contributed by atoms with Gasteiger partial charge in [0.25, 0.3) is 0 Å². The molecule has 0 radical (unpaired) electrons. The summed E-state index contributed by atoms with van der Waals surface area (Å²) in [4.78, 5) is 12.0. The third-order valence-corrected chi connectivity index (χ3v) is 4.93. The minimum atomic E-state index is -3.15. The maximum atomic E-state index is 12.0. The van der Waals surface area contributed by atoms with Gasteiger partial charge in [-0.2, -0.15) is 0 Å². The highest BCUT2D eigenvalue weighted by atomic mass is 32.2. The van der Waals surface area contributed by atoms with E-state index in [1.807, 2.05) is 13.8 Å². The Morgan fingerprint density at radius 2 is 1.89 bits per heavy atom. The van der Waals surface area contributed by atoms with Crippen molar-refractivity contribution in [3.63, 3.8) is 0 Å². The van der Waals surface area contributed by atoms with Crippen LogP contribution in [0.4, 0.5) is 0 Å². The Kier molecular flexibility index (Phi) is 5.76. The van der Waals surface area contributed by atoms with Crippen molar-refractivity contribution in [1.29, 1.82) is 0 Å². The number of nitrogens with zero attached hydrogens (tertiary/aromatic N) is 1. The van der Waals surface area contributed by atoms with Crippen molar-refractivity contribution in [2.75, 3.05) is 26.0 Å². The van der Waals surface area contributed by atoms with Crippen LogP contribution in [0.5, 0.6) is 0 Å². The van der Waals surface area contributed by atoms with Crippen LogP contribution in [-0.2, 0) is 14.8 Å². The van der Waals surface area contributed by atoms with Crippen molar-refractivity contribution < 1.29 is 18.3 Å². The van der Waals surface area contributed by atoms with Crippen LogP contribution in [0.25, 0.3) is 0 Å². The Labute approximate surface area is 115 Å². The lowest BCUT2D eigenvalue weighted by Gasteiger charge is -2.31. The average Bonchev–Trinajstić information content (AvgIpc) is 2.34. The highest BCUT2D eigenvalue weighted by Gasteiger charge is 2.30. The third kappa shape index (κ3) is 4.74. The van der Waals surface area contributed by atoms with Crippen LogP contribution in [0, 0.1) is 11.8 Å². The maximum absolute atomic E-state index is 12.0. The Morgan fingerprint density at radius 1 is 1.37 bits per heavy atom. The van der Waals surface area contributed by atoms with Crippen LogP contribution in [0.3, 0.4) is 0 Å². The number of nitrogens with one attached hydrogen (secondary N) is 1. The molecule has 0 saturated carbocycles. The van der Waals surface area contributed by atoms with E-state index in [0.29, 0.717) is 25.9 Å². The number of aliphatic hydroxyl groups excluding tert-OH is 1. The van der Waals surface area contributed by atoms with Gasteiger partial charge >= 0.3 is 0 Å². The summed E-state index contributed by atoms with van der Waals surface area (Å²) in [6.45, 7) is 4.58. The van der Waals surface area contributed by atoms with Crippen LogP contribution in [0.15, 0.2) is 0 Å². The van der Waals surface area contributed by atoms with Gasteiger partial charge in [0.05, 0.1) is 18.9 Å². The minimum absolute atomic E-state index is 0.0778. The van der Waals surface area contributed by atoms with Crippen molar-refractivity contribution in [1.82, 2.24) is 9.62 Å². The minimum Gasteiger partial charge on any atom is -0.394 e. The number of hydrogen-bond donors (Lipinski definition) is 2. The summed E-state index contributed by atoms with van der Waals surface area (Å²) in [5.74, 6) is -0.0724. The number of rotatable bonds is 5. The second-order valence-corrected chi connectivity index (χ2v) is 7.46. The summed E-state index contributed by atoms with van der Waals surface area (Å²) in [5, 5.41) is 12.0. The molecule has 0 aromatic heterocycles. The molecule has 0 bridgehead atoms. The molecule has 1 aliphatic rings. The zero-order chi connectivity index (χ0) is 14.6. The first-order valence-electron chi connectivity index (χ1n) is 6.62. The van der Waals surface area contributed by atoms with Crippen LogP contribution >= 0.6 is 0 Å². The standard InChI is InChI=1S/C12H24N2O4S/c1-9(2)11(8-15)13-12(16)10-4-6-14(7-5-10)19(3,17)18/h9-11,15H,4-8H2,1-3H3,(H,13,16)/t11-/m1/s1. The van der Waals surface area contributed by atoms with E-state index in [9.17, 15) is 18.3 Å². The summed E-state index contributed by atoms with van der Waals surface area (Å²) < 4.78 is 24.1. The fourth-order valence-corrected chi connectivity index (χ4v) is 3.05. The van der Waals surface area contributed by atoms with E-state index in [1.54, 1.807) is 0 Å². The molecular weight excluding hydrogens is 268 g/mol. The average molecular weight is 292 g/mol. The van der Waals surface area contributed by atoms with E-state index in [0.717, 1.165) is 0 Å². The fourth-order valence-electron chi connectivity index (χ4n) is 2.17. The number of aliphatic hydroxyl groups is 1. The maximum Gasteiger partial charge on any atom is 0.223 e. The number of carbonyl (C=O) groups is 1. The first-order chi connectivity index (χ1) is 8.75. The molecule has 6 nitrogen and oxygen atoms in total. The van der Waals surface area contributed by atoms with E-state index < -0.39 is 10.0 Å². The number of amides is 1. The molecule has 0 unspecified atom stereocenters. The highest BCUT2D eigenvalue weighted by Crippen LogP contribution is 2.19. The second kappa shape index (κ2) is 6.67. The van der Waals surface area contributed by atoms with Gasteiger partial charge in [-0.1, -0.05) is 13.8 Å². The van der Waals surface area contributed by atoms with E-state index in [1.165, 1.54) is 10.6 Å². The second-order valence-electron chi connectivity index (χ2n) is 5.48. The quantitative estimate of drug-likeness (QED) is 0.734. The normalized spacial score (nSPS) is 20.5. The van der Waals surface area contributed by atoms with E-state index in [4.69, 9.17) is 0 Å². The fraction of sp³-hybridized carbons (Fsp3) is 0.917. The van der Waals surface area contributed by atoms with Gasteiger partial charge < -0.3 is 10.4 Å². The first kappa shape index (κ1) is 16.4. The van der Waals surface area contributed by atoms with Crippen LogP contribution in [-0.4, -0.2) is 55.7 Å². The number of piperidine rings is 1. The van der Waals surface area contributed by atoms with E-state index in [-0.39, 0.29) is 30.4 Å². The molecule has 1 amide bonds. The smallest absolute Gasteiger partial charge is 0.223 e. The van der Waals surface area contributed by atoms with Gasteiger partial charge in [-0.15, -0.1) is 0 Å².